The van der Waals surface area contributed by atoms with Crippen molar-refractivity contribution in [1.29, 1.82) is 0 Å². The molecule has 0 spiro atoms. The van der Waals surface area contributed by atoms with E-state index in [0.717, 1.165) is 32.4 Å². The number of aliphatic hydroxyl groups excluding tert-OH is 2. The number of hydrogen-bond donors (Lipinski definition) is 4. The predicted molar refractivity (Wildman–Crippen MR) is 76.3 cm³/mol. The van der Waals surface area contributed by atoms with Crippen molar-refractivity contribution in [3.8, 4) is 0 Å². The molecular weight excluding hydrogens is 228 g/mol. The van der Waals surface area contributed by atoms with Gasteiger partial charge < -0.3 is 10.2 Å². The van der Waals surface area contributed by atoms with Gasteiger partial charge in [-0.25, -0.2) is 0 Å². The van der Waals surface area contributed by atoms with Crippen molar-refractivity contribution in [2.24, 2.45) is 0 Å². The monoisotopic (exact) mass is 260 g/mol. The lowest BCUT2D eigenvalue weighted by atomic mass is 10.1. The van der Waals surface area contributed by atoms with Gasteiger partial charge in [0.2, 0.25) is 0 Å². The van der Waals surface area contributed by atoms with Crippen LogP contribution in [0.1, 0.15) is 64.2 Å². The molecule has 4 heteroatoms. The van der Waals surface area contributed by atoms with Crippen LogP contribution in [0.3, 0.4) is 0 Å². The Balaban J connectivity index is 2.86. The van der Waals surface area contributed by atoms with E-state index in [1.807, 2.05) is 0 Å². The molecule has 0 aliphatic rings. The van der Waals surface area contributed by atoms with E-state index in [-0.39, 0.29) is 0 Å². The van der Waals surface area contributed by atoms with E-state index in [0.29, 0.717) is 13.2 Å². The standard InChI is InChI=1S/C14H32N2O2/c17-13-9-6-4-2-1-3-5-7-11-15-16-12-8-10-14-18/h15-18H,1-14H2. The Bertz CT molecular complexity index is 130. The molecule has 18 heavy (non-hydrogen) atoms. The second kappa shape index (κ2) is 16.8. The molecule has 0 aromatic carbocycles. The lowest BCUT2D eigenvalue weighted by Gasteiger charge is -2.06. The van der Waals surface area contributed by atoms with Crippen LogP contribution in [0.5, 0.6) is 0 Å². The topological polar surface area (TPSA) is 64.5 Å². The fraction of sp³-hybridized carbons (Fsp3) is 1.00. The molecular formula is C14H32N2O2. The average molecular weight is 260 g/mol. The van der Waals surface area contributed by atoms with Gasteiger partial charge in [0.25, 0.3) is 0 Å². The zero-order valence-electron chi connectivity index (χ0n) is 11.8. The van der Waals surface area contributed by atoms with Gasteiger partial charge in [0.05, 0.1) is 0 Å². The minimum Gasteiger partial charge on any atom is -0.396 e. The van der Waals surface area contributed by atoms with Gasteiger partial charge in [0.1, 0.15) is 0 Å². The summed E-state index contributed by atoms with van der Waals surface area (Å²) in [4.78, 5) is 0. The van der Waals surface area contributed by atoms with Crippen molar-refractivity contribution in [2.45, 2.75) is 64.2 Å². The predicted octanol–water partition coefficient (Wildman–Crippen LogP) is 1.97. The molecule has 0 rings (SSSR count). The summed E-state index contributed by atoms with van der Waals surface area (Å²) in [6, 6.07) is 0. The first-order chi connectivity index (χ1) is 8.91. The Kier molecular flexibility index (Phi) is 16.7. The molecule has 4 N–H and O–H groups in total. The number of hydrogen-bond acceptors (Lipinski definition) is 4. The number of nitrogens with one attached hydrogen (secondary N) is 2. The fourth-order valence-electron chi connectivity index (χ4n) is 1.89. The molecule has 4 nitrogen and oxygen atoms in total. The Hall–Kier alpha value is -0.160. The summed E-state index contributed by atoms with van der Waals surface area (Å²) in [7, 11) is 0. The lowest BCUT2D eigenvalue weighted by molar-refractivity contribution is 0.281. The van der Waals surface area contributed by atoms with E-state index in [1.165, 1.54) is 44.9 Å². The molecule has 0 saturated heterocycles. The maximum absolute atomic E-state index is 8.63. The molecule has 0 amide bonds. The van der Waals surface area contributed by atoms with Crippen LogP contribution in [0.15, 0.2) is 0 Å². The first kappa shape index (κ1) is 17.8. The molecule has 0 aromatic heterocycles. The summed E-state index contributed by atoms with van der Waals surface area (Å²) < 4.78 is 0. The maximum atomic E-state index is 8.63. The molecule has 0 aromatic rings. The van der Waals surface area contributed by atoms with Crippen LogP contribution in [-0.2, 0) is 0 Å². The third-order valence-electron chi connectivity index (χ3n) is 3.04. The normalized spacial score (nSPS) is 11.0. The van der Waals surface area contributed by atoms with Gasteiger partial charge >= 0.3 is 0 Å². The van der Waals surface area contributed by atoms with Gasteiger partial charge in [-0.15, -0.1) is 0 Å². The van der Waals surface area contributed by atoms with Crippen LogP contribution in [0.25, 0.3) is 0 Å². The van der Waals surface area contributed by atoms with E-state index in [1.54, 1.807) is 0 Å². The Morgan fingerprint density at radius 1 is 0.444 bits per heavy atom. The fourth-order valence-corrected chi connectivity index (χ4v) is 1.89. The zero-order valence-corrected chi connectivity index (χ0v) is 11.8. The largest absolute Gasteiger partial charge is 0.396 e. The second-order valence-electron chi connectivity index (χ2n) is 4.84. The van der Waals surface area contributed by atoms with Crippen molar-refractivity contribution in [3.63, 3.8) is 0 Å². The number of aliphatic hydroxyl groups is 2. The molecule has 0 atom stereocenters. The molecule has 0 fully saturated rings. The molecule has 0 radical (unpaired) electrons. The Morgan fingerprint density at radius 3 is 1.28 bits per heavy atom. The molecule has 0 saturated carbocycles. The van der Waals surface area contributed by atoms with Gasteiger partial charge in [-0.05, 0) is 25.7 Å². The van der Waals surface area contributed by atoms with Gasteiger partial charge in [-0.2, -0.15) is 0 Å². The minimum absolute atomic E-state index is 0.292. The third-order valence-corrected chi connectivity index (χ3v) is 3.04. The summed E-state index contributed by atoms with van der Waals surface area (Å²) in [5.74, 6) is 0. The van der Waals surface area contributed by atoms with Crippen molar-refractivity contribution >= 4 is 0 Å². The lowest BCUT2D eigenvalue weighted by Crippen LogP contribution is -2.33. The first-order valence-electron chi connectivity index (χ1n) is 7.59. The van der Waals surface area contributed by atoms with E-state index in [2.05, 4.69) is 10.9 Å². The van der Waals surface area contributed by atoms with Crippen LogP contribution in [0.2, 0.25) is 0 Å². The van der Waals surface area contributed by atoms with Crippen LogP contribution in [0, 0.1) is 0 Å². The highest BCUT2D eigenvalue weighted by Gasteiger charge is 1.92. The molecule has 0 bridgehead atoms. The van der Waals surface area contributed by atoms with Gasteiger partial charge in [-0.1, -0.05) is 38.5 Å². The highest BCUT2D eigenvalue weighted by Crippen LogP contribution is 2.07. The average Bonchev–Trinajstić information content (AvgIpc) is 2.39. The quantitative estimate of drug-likeness (QED) is 0.268. The van der Waals surface area contributed by atoms with Crippen LogP contribution in [-0.4, -0.2) is 36.5 Å². The van der Waals surface area contributed by atoms with E-state index in [4.69, 9.17) is 10.2 Å². The van der Waals surface area contributed by atoms with Crippen LogP contribution in [0.4, 0.5) is 0 Å². The van der Waals surface area contributed by atoms with Crippen molar-refractivity contribution < 1.29 is 10.2 Å². The molecule has 0 heterocycles. The Morgan fingerprint density at radius 2 is 0.778 bits per heavy atom. The third kappa shape index (κ3) is 15.8. The van der Waals surface area contributed by atoms with Gasteiger partial charge in [0, 0.05) is 26.3 Å². The summed E-state index contributed by atoms with van der Waals surface area (Å²) in [5.41, 5.74) is 6.36. The summed E-state index contributed by atoms with van der Waals surface area (Å²) in [6.45, 7) is 2.60. The van der Waals surface area contributed by atoms with E-state index in [9.17, 15) is 0 Å². The number of hydrazine groups is 1. The highest BCUT2D eigenvalue weighted by molar-refractivity contribution is 4.49. The SMILES string of the molecule is OCCCCCCCCCCNNCCCCO. The zero-order chi connectivity index (χ0) is 13.3. The van der Waals surface area contributed by atoms with Crippen LogP contribution >= 0.6 is 0 Å². The van der Waals surface area contributed by atoms with Crippen molar-refractivity contribution in [1.82, 2.24) is 10.9 Å². The van der Waals surface area contributed by atoms with E-state index < -0.39 is 0 Å². The summed E-state index contributed by atoms with van der Waals surface area (Å²) in [6.07, 6.45) is 11.8. The maximum Gasteiger partial charge on any atom is 0.0431 e. The van der Waals surface area contributed by atoms with Gasteiger partial charge in [0.15, 0.2) is 0 Å². The highest BCUT2D eigenvalue weighted by atomic mass is 16.3. The summed E-state index contributed by atoms with van der Waals surface area (Å²) in [5, 5.41) is 17.2. The van der Waals surface area contributed by atoms with Gasteiger partial charge in [-0.3, -0.25) is 10.9 Å². The molecule has 110 valence electrons. The first-order valence-corrected chi connectivity index (χ1v) is 7.59. The van der Waals surface area contributed by atoms with Crippen molar-refractivity contribution in [2.75, 3.05) is 26.3 Å². The molecule has 0 unspecified atom stereocenters. The smallest absolute Gasteiger partial charge is 0.0431 e. The minimum atomic E-state index is 0.292. The number of unbranched alkanes of at least 4 members (excludes halogenated alkanes) is 8. The van der Waals surface area contributed by atoms with Crippen LogP contribution < -0.4 is 10.9 Å². The molecule has 0 aliphatic carbocycles. The summed E-state index contributed by atoms with van der Waals surface area (Å²) >= 11 is 0. The van der Waals surface area contributed by atoms with Crippen molar-refractivity contribution in [3.05, 3.63) is 0 Å². The second-order valence-corrected chi connectivity index (χ2v) is 4.84. The van der Waals surface area contributed by atoms with E-state index >= 15 is 0 Å². The molecule has 0 aliphatic heterocycles. The number of rotatable bonds is 15. The Labute approximate surface area is 112 Å².